The summed E-state index contributed by atoms with van der Waals surface area (Å²) in [6.07, 6.45) is -3.69. The Hall–Kier alpha value is -5.28. The Morgan fingerprint density at radius 3 is 1.41 bits per heavy atom. The average molecular weight is 595 g/mol. The number of hydrogen-bond acceptors (Lipinski definition) is 9. The predicted octanol–water partition coefficient (Wildman–Crippen LogP) is 5.51. The lowest BCUT2D eigenvalue weighted by atomic mass is 9.81. The molecule has 9 heteroatoms. The van der Waals surface area contributed by atoms with Gasteiger partial charge in [-0.1, -0.05) is 72.8 Å². The van der Waals surface area contributed by atoms with Crippen molar-refractivity contribution < 1.29 is 42.9 Å². The van der Waals surface area contributed by atoms with Crippen LogP contribution in [0.25, 0.3) is 0 Å². The topological polar surface area (TPSA) is 114 Å². The first-order chi connectivity index (χ1) is 21.3. The number of rotatable bonds is 10. The monoisotopic (exact) mass is 594 g/mol. The van der Waals surface area contributed by atoms with Crippen LogP contribution < -0.4 is 0 Å². The third-order valence-electron chi connectivity index (χ3n) is 7.31. The number of carbonyl (C=O) groups excluding carboxylic acids is 4. The van der Waals surface area contributed by atoms with Gasteiger partial charge in [0.2, 0.25) is 6.29 Å². The van der Waals surface area contributed by atoms with Crippen molar-refractivity contribution in [3.8, 4) is 0 Å². The van der Waals surface area contributed by atoms with Crippen LogP contribution in [0.1, 0.15) is 48.4 Å². The van der Waals surface area contributed by atoms with Gasteiger partial charge in [-0.2, -0.15) is 0 Å². The molecule has 4 aromatic carbocycles. The number of esters is 4. The highest BCUT2D eigenvalue weighted by molar-refractivity contribution is 5.91. The Morgan fingerprint density at radius 1 is 0.568 bits per heavy atom. The molecule has 0 aliphatic carbocycles. The number of benzene rings is 4. The molecule has 1 aliphatic heterocycles. The summed E-state index contributed by atoms with van der Waals surface area (Å²) in [6, 6.07) is 33.3. The van der Waals surface area contributed by atoms with Gasteiger partial charge in [0.25, 0.3) is 0 Å². The molecule has 0 N–H and O–H groups in total. The maximum atomic E-state index is 13.3. The molecule has 0 radical (unpaired) electrons. The normalized spacial score (nSPS) is 20.7. The molecule has 44 heavy (non-hydrogen) atoms. The first-order valence-corrected chi connectivity index (χ1v) is 14.0. The van der Waals surface area contributed by atoms with E-state index in [1.165, 1.54) is 0 Å². The Labute approximate surface area is 254 Å². The van der Waals surface area contributed by atoms with Gasteiger partial charge in [-0.25, -0.2) is 19.2 Å². The van der Waals surface area contributed by atoms with Crippen LogP contribution in [0.3, 0.4) is 0 Å². The largest absolute Gasteiger partial charge is 0.461 e. The van der Waals surface area contributed by atoms with Gasteiger partial charge in [0.15, 0.2) is 6.10 Å². The Morgan fingerprint density at radius 2 is 0.955 bits per heavy atom. The van der Waals surface area contributed by atoms with Gasteiger partial charge in [0.1, 0.15) is 19.3 Å². The molecule has 0 bridgehead atoms. The molecule has 0 aromatic heterocycles. The summed E-state index contributed by atoms with van der Waals surface area (Å²) in [5.74, 6) is -2.66. The minimum absolute atomic E-state index is 0.250. The van der Waals surface area contributed by atoms with Crippen LogP contribution in [-0.2, 0) is 23.7 Å². The van der Waals surface area contributed by atoms with E-state index in [0.29, 0.717) is 11.1 Å². The van der Waals surface area contributed by atoms with Crippen molar-refractivity contribution in [2.75, 3.05) is 13.2 Å². The Balaban J connectivity index is 1.45. The average Bonchev–Trinajstić information content (AvgIpc) is 3.33. The van der Waals surface area contributed by atoms with Crippen LogP contribution in [0.15, 0.2) is 121 Å². The summed E-state index contributed by atoms with van der Waals surface area (Å²) in [5, 5.41) is 0. The van der Waals surface area contributed by atoms with Crippen molar-refractivity contribution >= 4 is 23.9 Å². The van der Waals surface area contributed by atoms with Gasteiger partial charge in [0, 0.05) is 0 Å². The van der Waals surface area contributed by atoms with E-state index in [9.17, 15) is 19.2 Å². The fraction of sp³-hybridized carbons (Fsp3) is 0.200. The maximum Gasteiger partial charge on any atom is 0.340 e. The molecule has 4 atom stereocenters. The van der Waals surface area contributed by atoms with Crippen molar-refractivity contribution in [1.29, 1.82) is 0 Å². The van der Waals surface area contributed by atoms with E-state index in [-0.39, 0.29) is 24.3 Å². The van der Waals surface area contributed by atoms with Crippen LogP contribution in [-0.4, -0.2) is 55.6 Å². The minimum Gasteiger partial charge on any atom is -0.461 e. The highest BCUT2D eigenvalue weighted by Crippen LogP contribution is 2.43. The third kappa shape index (κ3) is 7.02. The second kappa shape index (κ2) is 13.8. The second-order valence-corrected chi connectivity index (χ2v) is 10.4. The zero-order chi connectivity index (χ0) is 30.9. The number of carbonyl (C=O) groups is 4. The lowest BCUT2D eigenvalue weighted by Crippen LogP contribution is -2.47. The summed E-state index contributed by atoms with van der Waals surface area (Å²) < 4.78 is 29.1. The maximum absolute atomic E-state index is 13.3. The molecule has 1 saturated heterocycles. The molecule has 0 amide bonds. The number of hydrogen-bond donors (Lipinski definition) is 0. The molecule has 1 aliphatic rings. The summed E-state index contributed by atoms with van der Waals surface area (Å²) >= 11 is 0. The van der Waals surface area contributed by atoms with Gasteiger partial charge in [0.05, 0.1) is 27.7 Å². The summed E-state index contributed by atoms with van der Waals surface area (Å²) in [7, 11) is 0. The third-order valence-corrected chi connectivity index (χ3v) is 7.31. The van der Waals surface area contributed by atoms with E-state index >= 15 is 0 Å². The molecule has 1 heterocycles. The fourth-order valence-corrected chi connectivity index (χ4v) is 4.76. The zero-order valence-electron chi connectivity index (χ0n) is 23.9. The highest BCUT2D eigenvalue weighted by Gasteiger charge is 2.59. The van der Waals surface area contributed by atoms with Crippen LogP contribution >= 0.6 is 0 Å². The Bertz CT molecular complexity index is 1580. The van der Waals surface area contributed by atoms with E-state index in [1.54, 1.807) is 128 Å². The fourth-order valence-electron chi connectivity index (χ4n) is 4.76. The minimum atomic E-state index is -1.42. The molecule has 0 spiro atoms. The lowest BCUT2D eigenvalue weighted by molar-refractivity contribution is -0.141. The lowest BCUT2D eigenvalue weighted by Gasteiger charge is -2.33. The molecular formula is C35H30O9. The molecule has 4 aromatic rings. The van der Waals surface area contributed by atoms with E-state index < -0.39 is 47.8 Å². The van der Waals surface area contributed by atoms with Gasteiger partial charge in [-0.3, -0.25) is 0 Å². The van der Waals surface area contributed by atoms with Crippen LogP contribution in [0, 0.1) is 5.41 Å². The first-order valence-electron chi connectivity index (χ1n) is 14.0. The Kier molecular flexibility index (Phi) is 9.46. The zero-order valence-corrected chi connectivity index (χ0v) is 23.9. The smallest absolute Gasteiger partial charge is 0.340 e. The van der Waals surface area contributed by atoms with Crippen LogP contribution in [0.4, 0.5) is 0 Å². The molecule has 1 fully saturated rings. The van der Waals surface area contributed by atoms with Crippen LogP contribution in [0.2, 0.25) is 0 Å². The number of ether oxygens (including phenoxy) is 5. The second-order valence-electron chi connectivity index (χ2n) is 10.4. The van der Waals surface area contributed by atoms with Crippen molar-refractivity contribution in [1.82, 2.24) is 0 Å². The van der Waals surface area contributed by atoms with E-state index in [2.05, 4.69) is 0 Å². The SMILES string of the molecule is C[C@@]1(COC(=O)c2ccccc2)C(COC(=O)c2ccccc2)OC(OC(=O)c2ccccc2)[C@H]1OC(=O)c1ccccc1. The summed E-state index contributed by atoms with van der Waals surface area (Å²) in [6.45, 7) is 1.03. The predicted molar refractivity (Wildman–Crippen MR) is 158 cm³/mol. The molecule has 2 unspecified atom stereocenters. The highest BCUT2D eigenvalue weighted by atomic mass is 16.7. The molecule has 0 saturated carbocycles. The van der Waals surface area contributed by atoms with Crippen molar-refractivity contribution in [3.05, 3.63) is 144 Å². The summed E-state index contributed by atoms with van der Waals surface area (Å²) in [5.41, 5.74) is -0.189. The van der Waals surface area contributed by atoms with Crippen molar-refractivity contribution in [3.63, 3.8) is 0 Å². The van der Waals surface area contributed by atoms with Crippen molar-refractivity contribution in [2.24, 2.45) is 5.41 Å². The molecule has 5 rings (SSSR count). The van der Waals surface area contributed by atoms with Gasteiger partial charge in [-0.15, -0.1) is 0 Å². The van der Waals surface area contributed by atoms with E-state index in [0.717, 1.165) is 0 Å². The van der Waals surface area contributed by atoms with Gasteiger partial charge >= 0.3 is 23.9 Å². The first kappa shape index (κ1) is 30.2. The standard InChI is InChI=1S/C35H30O9/c1-35(23-41-31(37)25-16-8-3-9-17-25)28(22-40-30(36)24-14-6-2-7-15-24)42-34(44-33(39)27-20-12-5-13-21-27)29(35)43-32(38)26-18-10-4-11-19-26/h2-21,28-29,34H,22-23H2,1H3/t28?,29-,34?,35-/m1/s1. The molecule has 9 nitrogen and oxygen atoms in total. The van der Waals surface area contributed by atoms with Crippen molar-refractivity contribution in [2.45, 2.75) is 25.4 Å². The van der Waals surface area contributed by atoms with E-state index in [1.807, 2.05) is 0 Å². The van der Waals surface area contributed by atoms with Crippen LogP contribution in [0.5, 0.6) is 0 Å². The molecular weight excluding hydrogens is 564 g/mol. The molecule has 224 valence electrons. The van der Waals surface area contributed by atoms with E-state index in [4.69, 9.17) is 23.7 Å². The van der Waals surface area contributed by atoms with Gasteiger partial charge < -0.3 is 23.7 Å². The van der Waals surface area contributed by atoms with Gasteiger partial charge in [-0.05, 0) is 55.5 Å². The summed E-state index contributed by atoms with van der Waals surface area (Å²) in [4.78, 5) is 52.2. The quantitative estimate of drug-likeness (QED) is 0.173.